The number of nitrogens with zero attached hydrogens (tertiary/aromatic N) is 3. The summed E-state index contributed by atoms with van der Waals surface area (Å²) in [7, 11) is 1.86. The Bertz CT molecular complexity index is 694. The molecule has 3 rings (SSSR count). The molecule has 0 spiro atoms. The van der Waals surface area contributed by atoms with Crippen LogP contribution >= 0.6 is 24.0 Å². The lowest BCUT2D eigenvalue weighted by Gasteiger charge is -2.34. The summed E-state index contributed by atoms with van der Waals surface area (Å²) in [5.41, 5.74) is 3.56. The number of benzene rings is 1. The lowest BCUT2D eigenvalue weighted by molar-refractivity contribution is 0.259. The SMILES string of the molecule is CN=C(NCc1cccc(C)n1)N1CCC(Cc2ccccc2)CC1.I. The third-order valence-corrected chi connectivity index (χ3v) is 4.87. The van der Waals surface area contributed by atoms with Crippen LogP contribution in [0.1, 0.15) is 29.8 Å². The molecule has 140 valence electrons. The highest BCUT2D eigenvalue weighted by Crippen LogP contribution is 2.21. The zero-order valence-electron chi connectivity index (χ0n) is 15.7. The predicted octanol–water partition coefficient (Wildman–Crippen LogP) is 4.04. The third-order valence-electron chi connectivity index (χ3n) is 4.87. The van der Waals surface area contributed by atoms with Crippen molar-refractivity contribution in [1.29, 1.82) is 0 Å². The minimum absolute atomic E-state index is 0. The maximum atomic E-state index is 4.55. The van der Waals surface area contributed by atoms with Crippen LogP contribution in [0.15, 0.2) is 53.5 Å². The first-order valence-electron chi connectivity index (χ1n) is 9.16. The van der Waals surface area contributed by atoms with Gasteiger partial charge in [-0.15, -0.1) is 24.0 Å². The van der Waals surface area contributed by atoms with Gasteiger partial charge in [0.1, 0.15) is 0 Å². The number of pyridine rings is 1. The quantitative estimate of drug-likeness (QED) is 0.422. The van der Waals surface area contributed by atoms with Crippen LogP contribution in [0.3, 0.4) is 0 Å². The third kappa shape index (κ3) is 5.97. The van der Waals surface area contributed by atoms with Crippen LogP contribution < -0.4 is 5.32 Å². The molecule has 1 N–H and O–H groups in total. The van der Waals surface area contributed by atoms with Crippen LogP contribution in [-0.2, 0) is 13.0 Å². The highest BCUT2D eigenvalue weighted by Gasteiger charge is 2.21. The Kier molecular flexibility index (Phi) is 8.35. The minimum atomic E-state index is 0. The van der Waals surface area contributed by atoms with Crippen LogP contribution in [0, 0.1) is 12.8 Å². The first-order chi connectivity index (χ1) is 12.2. The molecular formula is C21H29IN4. The number of guanidine groups is 1. The van der Waals surface area contributed by atoms with E-state index in [1.807, 2.05) is 20.0 Å². The zero-order valence-corrected chi connectivity index (χ0v) is 18.0. The van der Waals surface area contributed by atoms with Gasteiger partial charge >= 0.3 is 0 Å². The number of likely N-dealkylation sites (tertiary alicyclic amines) is 1. The van der Waals surface area contributed by atoms with E-state index in [0.29, 0.717) is 0 Å². The molecule has 0 radical (unpaired) electrons. The van der Waals surface area contributed by atoms with E-state index in [4.69, 9.17) is 0 Å². The van der Waals surface area contributed by atoms with Gasteiger partial charge in [0.15, 0.2) is 5.96 Å². The fraction of sp³-hybridized carbons (Fsp3) is 0.429. The summed E-state index contributed by atoms with van der Waals surface area (Å²) in [6.07, 6.45) is 3.63. The van der Waals surface area contributed by atoms with Gasteiger partial charge in [0.25, 0.3) is 0 Å². The Balaban J connectivity index is 0.00000243. The van der Waals surface area contributed by atoms with Crippen molar-refractivity contribution >= 4 is 29.9 Å². The van der Waals surface area contributed by atoms with Gasteiger partial charge in [-0.25, -0.2) is 0 Å². The van der Waals surface area contributed by atoms with Gasteiger partial charge in [0, 0.05) is 25.8 Å². The molecule has 0 bridgehead atoms. The highest BCUT2D eigenvalue weighted by atomic mass is 127. The summed E-state index contributed by atoms with van der Waals surface area (Å²) in [6.45, 7) is 4.88. The molecule has 1 aromatic heterocycles. The normalized spacial score (nSPS) is 15.5. The highest BCUT2D eigenvalue weighted by molar-refractivity contribution is 14.0. The van der Waals surface area contributed by atoms with Gasteiger partial charge in [-0.2, -0.15) is 0 Å². The summed E-state index contributed by atoms with van der Waals surface area (Å²) in [4.78, 5) is 11.4. The fourth-order valence-corrected chi connectivity index (χ4v) is 3.50. The molecule has 1 saturated heterocycles. The maximum Gasteiger partial charge on any atom is 0.193 e. The first kappa shape index (κ1) is 20.7. The topological polar surface area (TPSA) is 40.5 Å². The number of piperidine rings is 1. The lowest BCUT2D eigenvalue weighted by atomic mass is 9.90. The van der Waals surface area contributed by atoms with Crippen LogP contribution in [0.25, 0.3) is 0 Å². The van der Waals surface area contributed by atoms with Gasteiger partial charge in [-0.3, -0.25) is 9.98 Å². The Morgan fingerprint density at radius 2 is 1.85 bits per heavy atom. The van der Waals surface area contributed by atoms with Crippen molar-refractivity contribution in [3.05, 3.63) is 65.5 Å². The molecule has 0 aliphatic carbocycles. The fourth-order valence-electron chi connectivity index (χ4n) is 3.50. The second-order valence-corrected chi connectivity index (χ2v) is 6.79. The Labute approximate surface area is 174 Å². The van der Waals surface area contributed by atoms with Gasteiger partial charge in [0.05, 0.1) is 12.2 Å². The minimum Gasteiger partial charge on any atom is -0.351 e. The van der Waals surface area contributed by atoms with E-state index in [0.717, 1.165) is 42.9 Å². The number of aromatic nitrogens is 1. The van der Waals surface area contributed by atoms with Crippen molar-refractivity contribution in [2.24, 2.45) is 10.9 Å². The van der Waals surface area contributed by atoms with E-state index >= 15 is 0 Å². The van der Waals surface area contributed by atoms with Crippen LogP contribution in [0.2, 0.25) is 0 Å². The Morgan fingerprint density at radius 1 is 1.12 bits per heavy atom. The standard InChI is InChI=1S/C21H28N4.HI/c1-17-7-6-10-20(24-17)16-23-21(22-2)25-13-11-19(12-14-25)15-18-8-4-3-5-9-18;/h3-10,19H,11-16H2,1-2H3,(H,22,23);1H. The van der Waals surface area contributed by atoms with Crippen LogP contribution in [0.4, 0.5) is 0 Å². The summed E-state index contributed by atoms with van der Waals surface area (Å²) >= 11 is 0. The van der Waals surface area contributed by atoms with Crippen molar-refractivity contribution in [3.8, 4) is 0 Å². The van der Waals surface area contributed by atoms with Crippen molar-refractivity contribution in [2.75, 3.05) is 20.1 Å². The van der Waals surface area contributed by atoms with E-state index < -0.39 is 0 Å². The van der Waals surface area contributed by atoms with E-state index in [1.165, 1.54) is 24.8 Å². The van der Waals surface area contributed by atoms with Crippen molar-refractivity contribution in [1.82, 2.24) is 15.2 Å². The molecule has 4 nitrogen and oxygen atoms in total. The Hall–Kier alpha value is -1.63. The number of aryl methyl sites for hydroxylation is 1. The van der Waals surface area contributed by atoms with E-state index in [2.05, 4.69) is 62.7 Å². The molecule has 1 fully saturated rings. The molecular weight excluding hydrogens is 435 g/mol. The number of nitrogens with one attached hydrogen (secondary N) is 1. The van der Waals surface area contributed by atoms with E-state index in [9.17, 15) is 0 Å². The average molecular weight is 464 g/mol. The molecule has 2 heterocycles. The summed E-state index contributed by atoms with van der Waals surface area (Å²) in [6, 6.07) is 17.0. The first-order valence-corrected chi connectivity index (χ1v) is 9.16. The summed E-state index contributed by atoms with van der Waals surface area (Å²) in [5, 5.41) is 3.46. The second kappa shape index (κ2) is 10.5. The number of hydrogen-bond donors (Lipinski definition) is 1. The van der Waals surface area contributed by atoms with Crippen molar-refractivity contribution in [2.45, 2.75) is 32.7 Å². The second-order valence-electron chi connectivity index (χ2n) is 6.79. The van der Waals surface area contributed by atoms with Crippen LogP contribution in [-0.4, -0.2) is 36.0 Å². The number of aliphatic imine (C=N–C) groups is 1. The molecule has 0 saturated carbocycles. The molecule has 1 aliphatic rings. The predicted molar refractivity (Wildman–Crippen MR) is 119 cm³/mol. The van der Waals surface area contributed by atoms with E-state index in [-0.39, 0.29) is 24.0 Å². The van der Waals surface area contributed by atoms with Gasteiger partial charge < -0.3 is 10.2 Å². The summed E-state index contributed by atoms with van der Waals surface area (Å²) < 4.78 is 0. The zero-order chi connectivity index (χ0) is 17.5. The van der Waals surface area contributed by atoms with Gasteiger partial charge in [0.2, 0.25) is 0 Å². The molecule has 1 aliphatic heterocycles. The maximum absolute atomic E-state index is 4.55. The smallest absolute Gasteiger partial charge is 0.193 e. The molecule has 26 heavy (non-hydrogen) atoms. The largest absolute Gasteiger partial charge is 0.351 e. The number of rotatable bonds is 4. The average Bonchev–Trinajstić information content (AvgIpc) is 2.64. The molecule has 0 amide bonds. The van der Waals surface area contributed by atoms with E-state index in [1.54, 1.807) is 0 Å². The van der Waals surface area contributed by atoms with Crippen LogP contribution in [0.5, 0.6) is 0 Å². The summed E-state index contributed by atoms with van der Waals surface area (Å²) in [5.74, 6) is 1.76. The monoisotopic (exact) mass is 464 g/mol. The molecule has 5 heteroatoms. The lowest BCUT2D eigenvalue weighted by Crippen LogP contribution is -2.45. The van der Waals surface area contributed by atoms with Crippen molar-refractivity contribution in [3.63, 3.8) is 0 Å². The number of halogens is 1. The van der Waals surface area contributed by atoms with Gasteiger partial charge in [-0.05, 0) is 49.8 Å². The van der Waals surface area contributed by atoms with Crippen molar-refractivity contribution < 1.29 is 0 Å². The molecule has 1 aromatic carbocycles. The molecule has 0 unspecified atom stereocenters. The Morgan fingerprint density at radius 3 is 2.50 bits per heavy atom. The molecule has 2 aromatic rings. The van der Waals surface area contributed by atoms with Gasteiger partial charge in [-0.1, -0.05) is 36.4 Å². The molecule has 0 atom stereocenters. The number of hydrogen-bond acceptors (Lipinski definition) is 2.